The van der Waals surface area contributed by atoms with E-state index in [1.807, 2.05) is 20.8 Å². The number of hydrogen-bond acceptors (Lipinski definition) is 5. The summed E-state index contributed by atoms with van der Waals surface area (Å²) in [5.41, 5.74) is 2.87. The Hall–Kier alpha value is -1.76. The molecule has 0 aliphatic rings. The minimum atomic E-state index is -0.0517. The summed E-state index contributed by atoms with van der Waals surface area (Å²) in [6, 6.07) is 0. The average Bonchev–Trinajstić information content (AvgIpc) is 2.90. The van der Waals surface area contributed by atoms with E-state index in [0.29, 0.717) is 11.6 Å². The molecule has 0 radical (unpaired) electrons. The van der Waals surface area contributed by atoms with E-state index in [1.54, 1.807) is 6.20 Å². The zero-order valence-electron chi connectivity index (χ0n) is 11.1. The Morgan fingerprint density at radius 2 is 2.26 bits per heavy atom. The van der Waals surface area contributed by atoms with Crippen molar-refractivity contribution in [3.63, 3.8) is 0 Å². The van der Waals surface area contributed by atoms with Gasteiger partial charge in [-0.05, 0) is 20.8 Å². The largest absolute Gasteiger partial charge is 0.361 e. The highest BCUT2D eigenvalue weighted by Gasteiger charge is 2.11. The Balaban J connectivity index is 1.80. The molecule has 0 spiro atoms. The molecule has 0 unspecified atom stereocenters. The summed E-state index contributed by atoms with van der Waals surface area (Å²) < 4.78 is 5.08. The topological polar surface area (TPSA) is 83.8 Å². The number of aryl methyl sites for hydroxylation is 3. The normalized spacial score (nSPS) is 10.7. The van der Waals surface area contributed by atoms with Crippen LogP contribution in [0, 0.1) is 20.8 Å². The summed E-state index contributed by atoms with van der Waals surface area (Å²) in [6.45, 7) is 5.67. The highest BCUT2D eigenvalue weighted by Crippen LogP contribution is 2.19. The third-order valence-electron chi connectivity index (χ3n) is 2.75. The van der Waals surface area contributed by atoms with E-state index in [1.165, 1.54) is 11.8 Å². The standard InChI is InChI=1S/C12H16N4O2S/c1-7-4-13-15-12(7)14-11(17)6-19-5-10-8(2)16-18-9(10)3/h4H,5-6H2,1-3H3,(H2,13,14,15,17). The van der Waals surface area contributed by atoms with Crippen molar-refractivity contribution in [2.75, 3.05) is 11.1 Å². The van der Waals surface area contributed by atoms with Crippen molar-refractivity contribution in [1.82, 2.24) is 15.4 Å². The number of aromatic amines is 1. The zero-order valence-corrected chi connectivity index (χ0v) is 11.9. The highest BCUT2D eigenvalue weighted by molar-refractivity contribution is 7.99. The average molecular weight is 280 g/mol. The zero-order chi connectivity index (χ0) is 13.8. The van der Waals surface area contributed by atoms with E-state index < -0.39 is 0 Å². The van der Waals surface area contributed by atoms with Crippen LogP contribution in [0.2, 0.25) is 0 Å². The Morgan fingerprint density at radius 3 is 2.84 bits per heavy atom. The van der Waals surface area contributed by atoms with Gasteiger partial charge in [0, 0.05) is 16.9 Å². The SMILES string of the molecule is Cc1cn[nH]c1NC(=O)CSCc1c(C)noc1C. The van der Waals surface area contributed by atoms with Gasteiger partial charge in [0.2, 0.25) is 5.91 Å². The molecule has 0 aromatic carbocycles. The first-order valence-corrected chi connectivity index (χ1v) is 7.02. The smallest absolute Gasteiger partial charge is 0.235 e. The lowest BCUT2D eigenvalue weighted by molar-refractivity contribution is -0.113. The molecule has 0 saturated carbocycles. The van der Waals surface area contributed by atoms with Crippen LogP contribution in [-0.4, -0.2) is 27.0 Å². The molecule has 2 rings (SSSR count). The van der Waals surface area contributed by atoms with Crippen LogP contribution in [0.4, 0.5) is 5.82 Å². The van der Waals surface area contributed by atoms with Crippen molar-refractivity contribution in [3.8, 4) is 0 Å². The van der Waals surface area contributed by atoms with E-state index in [9.17, 15) is 4.79 Å². The van der Waals surface area contributed by atoms with Gasteiger partial charge in [0.05, 0.1) is 17.6 Å². The first-order chi connectivity index (χ1) is 9.08. The fourth-order valence-corrected chi connectivity index (χ4v) is 2.58. The second-order valence-electron chi connectivity index (χ2n) is 4.27. The van der Waals surface area contributed by atoms with Crippen molar-refractivity contribution in [2.45, 2.75) is 26.5 Å². The summed E-state index contributed by atoms with van der Waals surface area (Å²) in [5, 5.41) is 13.3. The maximum atomic E-state index is 11.7. The molecule has 0 aliphatic heterocycles. The van der Waals surface area contributed by atoms with Crippen LogP contribution in [0.1, 0.15) is 22.6 Å². The predicted octanol–water partition coefficient (Wildman–Crippen LogP) is 2.19. The Labute approximate surface area is 115 Å². The van der Waals surface area contributed by atoms with Crippen molar-refractivity contribution in [1.29, 1.82) is 0 Å². The first kappa shape index (κ1) is 13.7. The molecule has 7 heteroatoms. The van der Waals surface area contributed by atoms with Crippen molar-refractivity contribution in [3.05, 3.63) is 28.8 Å². The molecule has 6 nitrogen and oxygen atoms in total. The highest BCUT2D eigenvalue weighted by atomic mass is 32.2. The van der Waals surface area contributed by atoms with Crippen LogP contribution in [0.15, 0.2) is 10.7 Å². The van der Waals surface area contributed by atoms with E-state index in [2.05, 4.69) is 20.7 Å². The molecule has 1 amide bonds. The number of amides is 1. The molecule has 0 bridgehead atoms. The molecule has 19 heavy (non-hydrogen) atoms. The van der Waals surface area contributed by atoms with Gasteiger partial charge in [-0.1, -0.05) is 5.16 Å². The van der Waals surface area contributed by atoms with Crippen molar-refractivity contribution >= 4 is 23.5 Å². The minimum absolute atomic E-state index is 0.0517. The molecule has 2 N–H and O–H groups in total. The summed E-state index contributed by atoms with van der Waals surface area (Å²) in [5.74, 6) is 2.51. The van der Waals surface area contributed by atoms with Gasteiger partial charge < -0.3 is 9.84 Å². The Kier molecular flexibility index (Phi) is 4.26. The van der Waals surface area contributed by atoms with Crippen LogP contribution in [-0.2, 0) is 10.5 Å². The Bertz CT molecular complexity index is 557. The number of rotatable bonds is 5. The molecule has 2 aromatic heterocycles. The number of H-pyrrole nitrogens is 1. The Morgan fingerprint density at radius 1 is 1.47 bits per heavy atom. The summed E-state index contributed by atoms with van der Waals surface area (Å²) in [6.07, 6.45) is 1.67. The number of nitrogens with one attached hydrogen (secondary N) is 2. The van der Waals surface area contributed by atoms with Gasteiger partial charge in [-0.2, -0.15) is 5.10 Å². The lowest BCUT2D eigenvalue weighted by atomic mass is 10.2. The van der Waals surface area contributed by atoms with Gasteiger partial charge in [-0.15, -0.1) is 11.8 Å². The quantitative estimate of drug-likeness (QED) is 0.877. The molecule has 0 fully saturated rings. The number of carbonyl (C=O) groups excluding carboxylic acids is 1. The fourth-order valence-electron chi connectivity index (χ4n) is 1.60. The van der Waals surface area contributed by atoms with E-state index in [-0.39, 0.29) is 5.91 Å². The monoisotopic (exact) mass is 280 g/mol. The maximum Gasteiger partial charge on any atom is 0.235 e. The maximum absolute atomic E-state index is 11.7. The van der Waals surface area contributed by atoms with Gasteiger partial charge in [0.1, 0.15) is 11.6 Å². The van der Waals surface area contributed by atoms with Crippen LogP contribution >= 0.6 is 11.8 Å². The summed E-state index contributed by atoms with van der Waals surface area (Å²) in [4.78, 5) is 11.7. The van der Waals surface area contributed by atoms with Gasteiger partial charge in [-0.25, -0.2) is 0 Å². The van der Waals surface area contributed by atoms with Gasteiger partial charge in [0.15, 0.2) is 0 Å². The number of anilines is 1. The second kappa shape index (κ2) is 5.92. The number of aromatic nitrogens is 3. The van der Waals surface area contributed by atoms with Gasteiger partial charge in [0.25, 0.3) is 0 Å². The molecule has 0 aliphatic carbocycles. The number of nitrogens with zero attached hydrogens (tertiary/aromatic N) is 2. The second-order valence-corrected chi connectivity index (χ2v) is 5.26. The van der Waals surface area contributed by atoms with Crippen LogP contribution < -0.4 is 5.32 Å². The molecular weight excluding hydrogens is 264 g/mol. The number of carbonyl (C=O) groups is 1. The van der Waals surface area contributed by atoms with E-state index in [4.69, 9.17) is 4.52 Å². The molecule has 0 saturated heterocycles. The lowest BCUT2D eigenvalue weighted by Gasteiger charge is -2.03. The molecule has 0 atom stereocenters. The third kappa shape index (κ3) is 3.37. The van der Waals surface area contributed by atoms with Crippen molar-refractivity contribution in [2.24, 2.45) is 0 Å². The molecule has 2 aromatic rings. The lowest BCUT2D eigenvalue weighted by Crippen LogP contribution is -2.15. The number of thioether (sulfide) groups is 1. The van der Waals surface area contributed by atoms with Gasteiger partial charge in [-0.3, -0.25) is 9.89 Å². The summed E-state index contributed by atoms with van der Waals surface area (Å²) >= 11 is 1.53. The molecule has 2 heterocycles. The van der Waals surface area contributed by atoms with Gasteiger partial charge >= 0.3 is 0 Å². The molecular formula is C12H16N4O2S. The third-order valence-corrected chi connectivity index (χ3v) is 3.71. The van der Waals surface area contributed by atoms with Crippen molar-refractivity contribution < 1.29 is 9.32 Å². The molecule has 102 valence electrons. The minimum Gasteiger partial charge on any atom is -0.361 e. The van der Waals surface area contributed by atoms with Crippen LogP contribution in [0.25, 0.3) is 0 Å². The predicted molar refractivity (Wildman–Crippen MR) is 74.1 cm³/mol. The fraction of sp³-hybridized carbons (Fsp3) is 0.417. The van der Waals surface area contributed by atoms with Crippen LogP contribution in [0.5, 0.6) is 0 Å². The first-order valence-electron chi connectivity index (χ1n) is 5.87. The number of hydrogen-bond donors (Lipinski definition) is 2. The van der Waals surface area contributed by atoms with Crippen LogP contribution in [0.3, 0.4) is 0 Å². The summed E-state index contributed by atoms with van der Waals surface area (Å²) in [7, 11) is 0. The van der Waals surface area contributed by atoms with E-state index >= 15 is 0 Å². The van der Waals surface area contributed by atoms with E-state index in [0.717, 1.165) is 28.3 Å².